The predicted octanol–water partition coefficient (Wildman–Crippen LogP) is 1.67. The molecule has 100 valence electrons. The summed E-state index contributed by atoms with van der Waals surface area (Å²) in [6.07, 6.45) is 3.56. The van der Waals surface area contributed by atoms with Gasteiger partial charge in [-0.15, -0.1) is 0 Å². The van der Waals surface area contributed by atoms with Gasteiger partial charge in [-0.1, -0.05) is 13.0 Å². The molecule has 0 aliphatic carbocycles. The van der Waals surface area contributed by atoms with Crippen LogP contribution in [0, 0.1) is 5.92 Å². The average Bonchev–Trinajstić information content (AvgIpc) is 2.36. The molecule has 1 N–H and O–H groups in total. The van der Waals surface area contributed by atoms with Crippen molar-refractivity contribution in [2.45, 2.75) is 33.4 Å². The van der Waals surface area contributed by atoms with Crippen molar-refractivity contribution >= 4 is 5.91 Å². The van der Waals surface area contributed by atoms with Gasteiger partial charge in [0.1, 0.15) is 0 Å². The molecule has 0 aliphatic heterocycles. The van der Waals surface area contributed by atoms with Crippen molar-refractivity contribution in [2.75, 3.05) is 13.6 Å². The average molecular weight is 249 g/mol. The van der Waals surface area contributed by atoms with Crippen molar-refractivity contribution in [1.82, 2.24) is 15.2 Å². The third-order valence-corrected chi connectivity index (χ3v) is 2.91. The van der Waals surface area contributed by atoms with Crippen LogP contribution in [0.1, 0.15) is 26.3 Å². The zero-order chi connectivity index (χ0) is 13.5. The van der Waals surface area contributed by atoms with Crippen LogP contribution in [0.2, 0.25) is 0 Å². The van der Waals surface area contributed by atoms with E-state index in [-0.39, 0.29) is 17.9 Å². The number of pyridine rings is 1. The van der Waals surface area contributed by atoms with E-state index in [0.717, 1.165) is 5.56 Å². The van der Waals surface area contributed by atoms with Crippen LogP contribution >= 0.6 is 0 Å². The van der Waals surface area contributed by atoms with Gasteiger partial charge in [-0.05, 0) is 32.5 Å². The number of amides is 1. The van der Waals surface area contributed by atoms with E-state index < -0.39 is 0 Å². The molecule has 4 heteroatoms. The molecule has 0 bridgehead atoms. The predicted molar refractivity (Wildman–Crippen MR) is 73.0 cm³/mol. The van der Waals surface area contributed by atoms with Crippen LogP contribution in [-0.2, 0) is 11.3 Å². The molecule has 1 rings (SSSR count). The normalized spacial score (nSPS) is 12.5. The van der Waals surface area contributed by atoms with Crippen LogP contribution < -0.4 is 5.32 Å². The van der Waals surface area contributed by atoms with Crippen LogP contribution in [0.15, 0.2) is 24.5 Å². The summed E-state index contributed by atoms with van der Waals surface area (Å²) in [4.78, 5) is 18.3. The van der Waals surface area contributed by atoms with E-state index in [9.17, 15) is 4.79 Å². The van der Waals surface area contributed by atoms with Crippen molar-refractivity contribution in [2.24, 2.45) is 5.92 Å². The topological polar surface area (TPSA) is 45.2 Å². The lowest BCUT2D eigenvalue weighted by Crippen LogP contribution is -2.42. The minimum absolute atomic E-state index is 0.00549. The zero-order valence-electron chi connectivity index (χ0n) is 11.7. The second kappa shape index (κ2) is 7.11. The SMILES string of the molecule is CNCC(C)C(=O)N(Cc1cccnc1)C(C)C. The van der Waals surface area contributed by atoms with Gasteiger partial charge >= 0.3 is 0 Å². The lowest BCUT2D eigenvalue weighted by atomic mass is 10.1. The maximum Gasteiger partial charge on any atom is 0.227 e. The number of aromatic nitrogens is 1. The first-order chi connectivity index (χ1) is 8.56. The summed E-state index contributed by atoms with van der Waals surface area (Å²) in [6, 6.07) is 4.09. The summed E-state index contributed by atoms with van der Waals surface area (Å²) >= 11 is 0. The molecular weight excluding hydrogens is 226 g/mol. The fourth-order valence-corrected chi connectivity index (χ4v) is 1.88. The van der Waals surface area contributed by atoms with Crippen molar-refractivity contribution in [3.8, 4) is 0 Å². The third kappa shape index (κ3) is 4.11. The molecule has 1 aromatic heterocycles. The minimum atomic E-state index is -0.00549. The second-order valence-electron chi connectivity index (χ2n) is 4.88. The summed E-state index contributed by atoms with van der Waals surface area (Å²) in [5.74, 6) is 0.178. The first kappa shape index (κ1) is 14.6. The molecule has 1 heterocycles. The summed E-state index contributed by atoms with van der Waals surface area (Å²) in [5.41, 5.74) is 1.07. The van der Waals surface area contributed by atoms with Crippen molar-refractivity contribution in [3.63, 3.8) is 0 Å². The van der Waals surface area contributed by atoms with E-state index >= 15 is 0 Å². The molecule has 0 aliphatic rings. The Labute approximate surface area is 109 Å². The van der Waals surface area contributed by atoms with E-state index in [4.69, 9.17) is 0 Å². The number of nitrogens with zero attached hydrogens (tertiary/aromatic N) is 2. The number of carbonyl (C=O) groups is 1. The molecule has 1 amide bonds. The lowest BCUT2D eigenvalue weighted by Gasteiger charge is -2.29. The Hall–Kier alpha value is -1.42. The summed E-state index contributed by atoms with van der Waals surface area (Å²) in [7, 11) is 1.87. The second-order valence-corrected chi connectivity index (χ2v) is 4.88. The van der Waals surface area contributed by atoms with E-state index in [2.05, 4.69) is 10.3 Å². The number of hydrogen-bond donors (Lipinski definition) is 1. The van der Waals surface area contributed by atoms with Gasteiger partial charge < -0.3 is 10.2 Å². The first-order valence-corrected chi connectivity index (χ1v) is 6.40. The van der Waals surface area contributed by atoms with Crippen LogP contribution in [0.4, 0.5) is 0 Å². The van der Waals surface area contributed by atoms with Crippen molar-refractivity contribution < 1.29 is 4.79 Å². The highest BCUT2D eigenvalue weighted by molar-refractivity contribution is 5.79. The Morgan fingerprint density at radius 3 is 2.67 bits per heavy atom. The molecule has 0 saturated heterocycles. The van der Waals surface area contributed by atoms with Crippen molar-refractivity contribution in [1.29, 1.82) is 0 Å². The molecule has 1 atom stereocenters. The molecule has 0 fully saturated rings. The molecule has 0 saturated carbocycles. The van der Waals surface area contributed by atoms with E-state index in [1.165, 1.54) is 0 Å². The third-order valence-electron chi connectivity index (χ3n) is 2.91. The Kier molecular flexibility index (Phi) is 5.78. The Morgan fingerprint density at radius 1 is 1.44 bits per heavy atom. The Bertz CT molecular complexity index is 365. The first-order valence-electron chi connectivity index (χ1n) is 6.40. The largest absolute Gasteiger partial charge is 0.336 e. The number of hydrogen-bond acceptors (Lipinski definition) is 3. The fraction of sp³-hybridized carbons (Fsp3) is 0.571. The highest BCUT2D eigenvalue weighted by Crippen LogP contribution is 2.11. The molecule has 0 aromatic carbocycles. The molecule has 1 unspecified atom stereocenters. The van der Waals surface area contributed by atoms with Gasteiger partial charge in [0.15, 0.2) is 0 Å². The Balaban J connectivity index is 2.74. The van der Waals surface area contributed by atoms with Crippen LogP contribution in [0.3, 0.4) is 0 Å². The van der Waals surface area contributed by atoms with Crippen molar-refractivity contribution in [3.05, 3.63) is 30.1 Å². The van der Waals surface area contributed by atoms with Crippen LogP contribution in [-0.4, -0.2) is 35.4 Å². The van der Waals surface area contributed by atoms with Crippen LogP contribution in [0.5, 0.6) is 0 Å². The van der Waals surface area contributed by atoms with E-state index in [1.807, 2.05) is 51.0 Å². The lowest BCUT2D eigenvalue weighted by molar-refractivity contribution is -0.137. The zero-order valence-corrected chi connectivity index (χ0v) is 11.7. The smallest absolute Gasteiger partial charge is 0.227 e. The summed E-state index contributed by atoms with van der Waals surface area (Å²) in [6.45, 7) is 7.37. The fourth-order valence-electron chi connectivity index (χ4n) is 1.88. The molecule has 0 radical (unpaired) electrons. The van der Waals surface area contributed by atoms with E-state index in [1.54, 1.807) is 6.20 Å². The highest BCUT2D eigenvalue weighted by Gasteiger charge is 2.22. The van der Waals surface area contributed by atoms with Gasteiger partial charge in [0, 0.05) is 37.4 Å². The summed E-state index contributed by atoms with van der Waals surface area (Å²) < 4.78 is 0. The van der Waals surface area contributed by atoms with Crippen LogP contribution in [0.25, 0.3) is 0 Å². The monoisotopic (exact) mass is 249 g/mol. The number of rotatable bonds is 6. The molecular formula is C14H23N3O. The molecule has 1 aromatic rings. The number of nitrogens with one attached hydrogen (secondary N) is 1. The van der Waals surface area contributed by atoms with Gasteiger partial charge in [0.25, 0.3) is 0 Å². The summed E-state index contributed by atoms with van der Waals surface area (Å²) in [5, 5.41) is 3.05. The molecule has 18 heavy (non-hydrogen) atoms. The number of carbonyl (C=O) groups excluding carboxylic acids is 1. The van der Waals surface area contributed by atoms with Gasteiger partial charge in [0.05, 0.1) is 0 Å². The van der Waals surface area contributed by atoms with E-state index in [0.29, 0.717) is 13.1 Å². The van der Waals surface area contributed by atoms with Gasteiger partial charge in [-0.3, -0.25) is 9.78 Å². The van der Waals surface area contributed by atoms with Gasteiger partial charge in [-0.2, -0.15) is 0 Å². The van der Waals surface area contributed by atoms with Gasteiger partial charge in [0.2, 0.25) is 5.91 Å². The maximum absolute atomic E-state index is 12.3. The molecule has 0 spiro atoms. The maximum atomic E-state index is 12.3. The Morgan fingerprint density at radius 2 is 2.17 bits per heavy atom. The minimum Gasteiger partial charge on any atom is -0.336 e. The quantitative estimate of drug-likeness (QED) is 0.834. The van der Waals surface area contributed by atoms with Gasteiger partial charge in [-0.25, -0.2) is 0 Å². The highest BCUT2D eigenvalue weighted by atomic mass is 16.2. The molecule has 4 nitrogen and oxygen atoms in total. The standard InChI is InChI=1S/C14H23N3O/c1-11(2)17(14(18)12(3)8-15-4)10-13-6-5-7-16-9-13/h5-7,9,11-12,15H,8,10H2,1-4H3.